The third kappa shape index (κ3) is 3.67. The zero-order valence-corrected chi connectivity index (χ0v) is 12.2. The van der Waals surface area contributed by atoms with Crippen molar-refractivity contribution >= 4 is 22.7 Å². The summed E-state index contributed by atoms with van der Waals surface area (Å²) in [6.07, 6.45) is 0. The van der Waals surface area contributed by atoms with Crippen LogP contribution in [-0.4, -0.2) is 50.6 Å². The van der Waals surface area contributed by atoms with Crippen LogP contribution >= 0.6 is 0 Å². The minimum Gasteiger partial charge on any atom is -0.594 e. The van der Waals surface area contributed by atoms with Crippen LogP contribution in [0.1, 0.15) is 0 Å². The van der Waals surface area contributed by atoms with Gasteiger partial charge in [0, 0.05) is 39.1 Å². The van der Waals surface area contributed by atoms with Crippen molar-refractivity contribution in [3.05, 3.63) is 23.4 Å². The fraction of sp³-hybridized carbons (Fsp3) is 0.462. The maximum Gasteiger partial charge on any atom is 0.288 e. The van der Waals surface area contributed by atoms with E-state index >= 15 is 0 Å². The highest BCUT2D eigenvalue weighted by molar-refractivity contribution is 5.76. The fourth-order valence-corrected chi connectivity index (χ4v) is 2.03. The number of rotatable bonds is 7. The molecule has 0 radical (unpaired) electrons. The third-order valence-corrected chi connectivity index (χ3v) is 3.09. The number of methoxy groups -OCH3 is 2. The minimum atomic E-state index is -0.0463. The van der Waals surface area contributed by atoms with Gasteiger partial charge in [0.1, 0.15) is 5.52 Å². The second-order valence-corrected chi connectivity index (χ2v) is 4.49. The number of nitrogen functional groups attached to an aromatic ring is 1. The van der Waals surface area contributed by atoms with Crippen molar-refractivity contribution in [3.8, 4) is 0 Å². The summed E-state index contributed by atoms with van der Waals surface area (Å²) in [6.45, 7) is 2.61. The predicted molar refractivity (Wildman–Crippen MR) is 78.9 cm³/mol. The molecule has 0 fully saturated rings. The molecule has 2 N–H and O–H groups in total. The van der Waals surface area contributed by atoms with E-state index in [0.717, 1.165) is 5.69 Å². The van der Waals surface area contributed by atoms with Crippen molar-refractivity contribution in [3.63, 3.8) is 0 Å². The van der Waals surface area contributed by atoms with Crippen molar-refractivity contribution in [2.24, 2.45) is 0 Å². The molecule has 2 aromatic rings. The summed E-state index contributed by atoms with van der Waals surface area (Å²) in [5.41, 5.74) is 7.33. The van der Waals surface area contributed by atoms with Gasteiger partial charge in [0.15, 0.2) is 0 Å². The summed E-state index contributed by atoms with van der Waals surface area (Å²) in [6, 6.07) is 5.35. The quantitative estimate of drug-likeness (QED) is 0.564. The molecule has 0 spiro atoms. The molecule has 0 bridgehead atoms. The number of fused-ring (bicyclic) bond motifs is 1. The van der Waals surface area contributed by atoms with Crippen molar-refractivity contribution in [2.45, 2.75) is 0 Å². The summed E-state index contributed by atoms with van der Waals surface area (Å²) in [4.78, 5) is 6.68. The number of nitrogens with zero attached hydrogens (tertiary/aromatic N) is 4. The zero-order chi connectivity index (χ0) is 15.2. The highest BCUT2D eigenvalue weighted by atomic mass is 16.5. The Labute approximate surface area is 122 Å². The van der Waals surface area contributed by atoms with Crippen molar-refractivity contribution in [2.75, 3.05) is 51.2 Å². The SMILES string of the molecule is COCCN(CCOC)c1ccc2c(c1)nc(N)n[n+]2[O-]. The number of nitrogens with two attached hydrogens (primary N) is 1. The van der Waals surface area contributed by atoms with Gasteiger partial charge < -0.3 is 25.3 Å². The Bertz CT molecular complexity index is 600. The molecule has 1 heterocycles. The lowest BCUT2D eigenvalue weighted by Crippen LogP contribution is -2.34. The molecule has 0 amide bonds. The highest BCUT2D eigenvalue weighted by Gasteiger charge is 2.13. The number of hydrogen-bond acceptors (Lipinski definition) is 7. The van der Waals surface area contributed by atoms with E-state index in [0.29, 0.717) is 42.2 Å². The van der Waals surface area contributed by atoms with Gasteiger partial charge in [0.05, 0.1) is 18.3 Å². The van der Waals surface area contributed by atoms with Crippen molar-refractivity contribution < 1.29 is 14.3 Å². The first-order valence-corrected chi connectivity index (χ1v) is 6.55. The minimum absolute atomic E-state index is 0.0463. The van der Waals surface area contributed by atoms with Crippen LogP contribution in [0.5, 0.6) is 0 Å². The molecule has 0 aliphatic rings. The Hall–Kier alpha value is -2.19. The number of ether oxygens (including phenoxy) is 2. The number of hydrogen-bond donors (Lipinski definition) is 1. The Morgan fingerprint density at radius 1 is 1.24 bits per heavy atom. The average Bonchev–Trinajstić information content (AvgIpc) is 2.46. The van der Waals surface area contributed by atoms with Crippen LogP contribution < -0.4 is 15.5 Å². The third-order valence-electron chi connectivity index (χ3n) is 3.09. The Morgan fingerprint density at radius 3 is 2.52 bits per heavy atom. The number of aromatic nitrogens is 3. The van der Waals surface area contributed by atoms with Crippen LogP contribution in [0.25, 0.3) is 11.0 Å². The van der Waals surface area contributed by atoms with Gasteiger partial charge in [0.2, 0.25) is 0 Å². The second-order valence-electron chi connectivity index (χ2n) is 4.49. The molecule has 0 atom stereocenters. The van der Waals surface area contributed by atoms with Gasteiger partial charge in [0.25, 0.3) is 11.5 Å². The van der Waals surface area contributed by atoms with Gasteiger partial charge >= 0.3 is 0 Å². The summed E-state index contributed by atoms with van der Waals surface area (Å²) < 4.78 is 10.2. The standard InChI is InChI=1S/C13H19N5O3/c1-20-7-5-17(6-8-21-2)10-3-4-12-11(9-10)15-13(14)16-18(12)19/h3-4,9H,5-8H2,1-2H3,(H2,14,15,16). The molecule has 8 heteroatoms. The van der Waals surface area contributed by atoms with Gasteiger partial charge in [-0.1, -0.05) is 0 Å². The predicted octanol–water partition coefficient (Wildman–Crippen LogP) is -0.0554. The molecule has 0 aliphatic carbocycles. The van der Waals surface area contributed by atoms with Crippen LogP contribution in [0.4, 0.5) is 11.6 Å². The van der Waals surface area contributed by atoms with Gasteiger partial charge in [-0.25, -0.2) is 4.98 Å². The lowest BCUT2D eigenvalue weighted by atomic mass is 10.2. The molecule has 0 unspecified atom stereocenters. The van der Waals surface area contributed by atoms with Crippen LogP contribution in [0, 0.1) is 5.21 Å². The van der Waals surface area contributed by atoms with Crippen LogP contribution in [-0.2, 0) is 9.47 Å². The first-order chi connectivity index (χ1) is 10.2. The highest BCUT2D eigenvalue weighted by Crippen LogP contribution is 2.19. The van der Waals surface area contributed by atoms with Gasteiger partial charge in [-0.2, -0.15) is 0 Å². The summed E-state index contributed by atoms with van der Waals surface area (Å²) in [5, 5.41) is 15.2. The monoisotopic (exact) mass is 293 g/mol. The average molecular weight is 293 g/mol. The van der Waals surface area contributed by atoms with Gasteiger partial charge in [-0.05, 0) is 17.0 Å². The largest absolute Gasteiger partial charge is 0.594 e. The van der Waals surface area contributed by atoms with E-state index in [1.165, 1.54) is 0 Å². The van der Waals surface area contributed by atoms with Gasteiger partial charge in [-0.15, -0.1) is 0 Å². The van der Waals surface area contributed by atoms with E-state index in [9.17, 15) is 5.21 Å². The topological polar surface area (TPSA) is 100 Å². The maximum absolute atomic E-state index is 11.7. The Kier molecular flexibility index (Phi) is 5.07. The molecule has 8 nitrogen and oxygen atoms in total. The molecule has 2 rings (SSSR count). The molecular formula is C13H19N5O3. The molecule has 1 aromatic heterocycles. The summed E-state index contributed by atoms with van der Waals surface area (Å²) in [5.74, 6) is -0.0463. The molecule has 0 saturated carbocycles. The summed E-state index contributed by atoms with van der Waals surface area (Å²) in [7, 11) is 3.31. The lowest BCUT2D eigenvalue weighted by molar-refractivity contribution is -0.641. The van der Waals surface area contributed by atoms with E-state index in [1.807, 2.05) is 12.1 Å². The first-order valence-electron chi connectivity index (χ1n) is 6.55. The number of benzene rings is 1. The van der Waals surface area contributed by atoms with E-state index in [1.54, 1.807) is 20.3 Å². The summed E-state index contributed by atoms with van der Waals surface area (Å²) >= 11 is 0. The fourth-order valence-electron chi connectivity index (χ4n) is 2.03. The lowest BCUT2D eigenvalue weighted by Gasteiger charge is -2.24. The zero-order valence-electron chi connectivity index (χ0n) is 12.2. The van der Waals surface area contributed by atoms with Crippen LogP contribution in [0.3, 0.4) is 0 Å². The van der Waals surface area contributed by atoms with E-state index in [-0.39, 0.29) is 5.95 Å². The molecule has 1 aromatic carbocycles. The van der Waals surface area contributed by atoms with Crippen LogP contribution in [0.15, 0.2) is 18.2 Å². The van der Waals surface area contributed by atoms with E-state index in [4.69, 9.17) is 15.2 Å². The molecule has 0 aliphatic heterocycles. The van der Waals surface area contributed by atoms with Crippen molar-refractivity contribution in [1.29, 1.82) is 0 Å². The molecule has 0 saturated heterocycles. The molecular weight excluding hydrogens is 274 g/mol. The second kappa shape index (κ2) is 7.00. The number of anilines is 2. The normalized spacial score (nSPS) is 11.0. The molecule has 114 valence electrons. The Balaban J connectivity index is 2.33. The van der Waals surface area contributed by atoms with Crippen LogP contribution in [0.2, 0.25) is 0 Å². The van der Waals surface area contributed by atoms with Crippen molar-refractivity contribution in [1.82, 2.24) is 10.1 Å². The van der Waals surface area contributed by atoms with E-state index < -0.39 is 0 Å². The Morgan fingerprint density at radius 2 is 1.90 bits per heavy atom. The van der Waals surface area contributed by atoms with E-state index in [2.05, 4.69) is 15.0 Å². The smallest absolute Gasteiger partial charge is 0.288 e. The van der Waals surface area contributed by atoms with Gasteiger partial charge in [-0.3, -0.25) is 0 Å². The molecule has 21 heavy (non-hydrogen) atoms. The maximum atomic E-state index is 11.7. The first kappa shape index (κ1) is 15.2.